The number of para-hydroxylation sites is 1. The van der Waals surface area contributed by atoms with Crippen LogP contribution in [0, 0.1) is 0 Å². The Morgan fingerprint density at radius 1 is 1.05 bits per heavy atom. The average Bonchev–Trinajstić information content (AvgIpc) is 2.80. The molecule has 0 radical (unpaired) electrons. The third kappa shape index (κ3) is 2.38. The molecular formula is C15H12Cl3NO2S. The molecule has 3 rings (SSSR count). The highest BCUT2D eigenvalue weighted by Gasteiger charge is 2.37. The number of hydrogen-bond acceptors (Lipinski definition) is 2. The maximum absolute atomic E-state index is 13.0. The minimum atomic E-state index is -3.81. The van der Waals surface area contributed by atoms with Crippen LogP contribution in [0.4, 0.5) is 5.69 Å². The summed E-state index contributed by atoms with van der Waals surface area (Å²) in [4.78, 5) is -0.0351. The van der Waals surface area contributed by atoms with Crippen LogP contribution in [-0.2, 0) is 16.4 Å². The summed E-state index contributed by atoms with van der Waals surface area (Å²) in [6.45, 7) is 1.86. The molecule has 0 unspecified atom stereocenters. The number of halogens is 3. The van der Waals surface area contributed by atoms with Crippen molar-refractivity contribution in [3.63, 3.8) is 0 Å². The van der Waals surface area contributed by atoms with E-state index in [0.717, 1.165) is 5.56 Å². The number of benzene rings is 2. The zero-order chi connectivity index (χ0) is 16.1. The Labute approximate surface area is 144 Å². The lowest BCUT2D eigenvalue weighted by molar-refractivity contribution is 0.584. The molecule has 1 aliphatic rings. The Balaban J connectivity index is 2.18. The summed E-state index contributed by atoms with van der Waals surface area (Å²) in [5.74, 6) is 0. The molecule has 0 fully saturated rings. The first-order valence-corrected chi connectivity index (χ1v) is 9.17. The summed E-state index contributed by atoms with van der Waals surface area (Å²) in [7, 11) is -3.81. The second kappa shape index (κ2) is 5.60. The predicted octanol–water partition coefficient (Wildman–Crippen LogP) is 4.79. The molecule has 3 nitrogen and oxygen atoms in total. The van der Waals surface area contributed by atoms with Gasteiger partial charge in [0, 0.05) is 6.04 Å². The van der Waals surface area contributed by atoms with Crippen LogP contribution in [0.25, 0.3) is 0 Å². The van der Waals surface area contributed by atoms with Crippen molar-refractivity contribution in [2.45, 2.75) is 24.3 Å². The number of anilines is 1. The van der Waals surface area contributed by atoms with E-state index in [1.54, 1.807) is 6.07 Å². The molecule has 0 aromatic heterocycles. The highest BCUT2D eigenvalue weighted by Crippen LogP contribution is 2.41. The van der Waals surface area contributed by atoms with Gasteiger partial charge in [0.15, 0.2) is 0 Å². The molecule has 1 aliphatic heterocycles. The molecule has 1 heterocycles. The van der Waals surface area contributed by atoms with E-state index >= 15 is 0 Å². The average molecular weight is 377 g/mol. The van der Waals surface area contributed by atoms with Crippen LogP contribution in [0.15, 0.2) is 41.3 Å². The van der Waals surface area contributed by atoms with Gasteiger partial charge in [-0.25, -0.2) is 8.42 Å². The van der Waals surface area contributed by atoms with Gasteiger partial charge >= 0.3 is 0 Å². The van der Waals surface area contributed by atoms with Crippen molar-refractivity contribution in [2.24, 2.45) is 0 Å². The fourth-order valence-electron chi connectivity index (χ4n) is 2.72. The number of nitrogens with zero attached hydrogens (tertiary/aromatic N) is 1. The molecule has 2 aromatic carbocycles. The first kappa shape index (κ1) is 15.9. The predicted molar refractivity (Wildman–Crippen MR) is 90.7 cm³/mol. The van der Waals surface area contributed by atoms with Crippen LogP contribution in [0.5, 0.6) is 0 Å². The summed E-state index contributed by atoms with van der Waals surface area (Å²) < 4.78 is 27.5. The molecule has 0 amide bonds. The van der Waals surface area contributed by atoms with Crippen molar-refractivity contribution in [1.82, 2.24) is 0 Å². The van der Waals surface area contributed by atoms with Crippen molar-refractivity contribution in [3.05, 3.63) is 57.0 Å². The fraction of sp³-hybridized carbons (Fsp3) is 0.200. The minimum Gasteiger partial charge on any atom is -0.263 e. The van der Waals surface area contributed by atoms with Gasteiger partial charge in [-0.15, -0.1) is 0 Å². The molecule has 0 spiro atoms. The van der Waals surface area contributed by atoms with Crippen molar-refractivity contribution in [3.8, 4) is 0 Å². The fourth-order valence-corrected chi connectivity index (χ4v) is 5.37. The molecule has 2 aromatic rings. The normalized spacial score (nSPS) is 17.6. The van der Waals surface area contributed by atoms with Gasteiger partial charge in [0.25, 0.3) is 10.0 Å². The van der Waals surface area contributed by atoms with Gasteiger partial charge < -0.3 is 0 Å². The van der Waals surface area contributed by atoms with E-state index in [9.17, 15) is 8.42 Å². The Bertz CT molecular complexity index is 852. The molecule has 0 saturated carbocycles. The summed E-state index contributed by atoms with van der Waals surface area (Å²) in [5, 5.41) is 0.218. The molecule has 1 atom stereocenters. The molecular weight excluding hydrogens is 365 g/mol. The zero-order valence-electron chi connectivity index (χ0n) is 11.6. The quantitative estimate of drug-likeness (QED) is 0.707. The molecule has 0 aliphatic carbocycles. The van der Waals surface area contributed by atoms with E-state index < -0.39 is 10.0 Å². The largest absolute Gasteiger partial charge is 0.266 e. The monoisotopic (exact) mass is 375 g/mol. The maximum atomic E-state index is 13.0. The van der Waals surface area contributed by atoms with Gasteiger partial charge in [-0.1, -0.05) is 53.0 Å². The van der Waals surface area contributed by atoms with Crippen LogP contribution in [-0.4, -0.2) is 14.5 Å². The van der Waals surface area contributed by atoms with Crippen LogP contribution in [0.1, 0.15) is 12.5 Å². The Hall–Kier alpha value is -0.940. The van der Waals surface area contributed by atoms with Crippen LogP contribution < -0.4 is 4.31 Å². The molecule has 22 heavy (non-hydrogen) atoms. The number of fused-ring (bicyclic) bond motifs is 1. The van der Waals surface area contributed by atoms with Gasteiger partial charge in [-0.05, 0) is 37.1 Å². The molecule has 0 bridgehead atoms. The second-order valence-electron chi connectivity index (χ2n) is 5.16. The van der Waals surface area contributed by atoms with Crippen LogP contribution >= 0.6 is 34.8 Å². The minimum absolute atomic E-state index is 0.0351. The van der Waals surface area contributed by atoms with Crippen LogP contribution in [0.3, 0.4) is 0 Å². The van der Waals surface area contributed by atoms with Gasteiger partial charge in [-0.3, -0.25) is 4.31 Å². The number of hydrogen-bond donors (Lipinski definition) is 0. The van der Waals surface area contributed by atoms with E-state index in [2.05, 4.69) is 0 Å². The van der Waals surface area contributed by atoms with Gasteiger partial charge in [-0.2, -0.15) is 0 Å². The van der Waals surface area contributed by atoms with E-state index in [0.29, 0.717) is 12.1 Å². The Kier molecular flexibility index (Phi) is 4.06. The van der Waals surface area contributed by atoms with E-state index in [1.807, 2.05) is 25.1 Å². The lowest BCUT2D eigenvalue weighted by Gasteiger charge is -2.25. The highest BCUT2D eigenvalue weighted by molar-refractivity contribution is 7.93. The third-order valence-corrected chi connectivity index (χ3v) is 7.06. The number of rotatable bonds is 2. The van der Waals surface area contributed by atoms with Crippen LogP contribution in [0.2, 0.25) is 15.1 Å². The molecule has 0 N–H and O–H groups in total. The third-order valence-electron chi connectivity index (χ3n) is 3.68. The first-order valence-electron chi connectivity index (χ1n) is 6.60. The standard InChI is InChI=1S/C15H12Cl3NO2S/c1-9-8-10-4-2-3-5-12(10)19(9)22(20,21)13-7-6-11(16)14(17)15(13)18/h2-7,9H,8H2,1H3/t9-/m1/s1. The van der Waals surface area contributed by atoms with Gasteiger partial charge in [0.05, 0.1) is 20.8 Å². The second-order valence-corrected chi connectivity index (χ2v) is 8.10. The van der Waals surface area contributed by atoms with Crippen molar-refractivity contribution < 1.29 is 8.42 Å². The number of sulfonamides is 1. The van der Waals surface area contributed by atoms with E-state index in [4.69, 9.17) is 34.8 Å². The molecule has 0 saturated heterocycles. The summed E-state index contributed by atoms with van der Waals surface area (Å²) in [6, 6.07) is 10.1. The summed E-state index contributed by atoms with van der Waals surface area (Å²) >= 11 is 18.0. The van der Waals surface area contributed by atoms with Crippen molar-refractivity contribution in [2.75, 3.05) is 4.31 Å². The van der Waals surface area contributed by atoms with Gasteiger partial charge in [0.1, 0.15) is 4.90 Å². The lowest BCUT2D eigenvalue weighted by Crippen LogP contribution is -2.35. The zero-order valence-corrected chi connectivity index (χ0v) is 14.6. The van der Waals surface area contributed by atoms with Crippen molar-refractivity contribution in [1.29, 1.82) is 0 Å². The molecule has 116 valence electrons. The first-order chi connectivity index (χ1) is 10.3. The summed E-state index contributed by atoms with van der Waals surface area (Å²) in [5.41, 5.74) is 1.67. The Morgan fingerprint density at radius 2 is 1.73 bits per heavy atom. The smallest absolute Gasteiger partial charge is 0.263 e. The molecule has 7 heteroatoms. The highest BCUT2D eigenvalue weighted by atomic mass is 35.5. The van der Waals surface area contributed by atoms with E-state index in [-0.39, 0.29) is 26.0 Å². The summed E-state index contributed by atoms with van der Waals surface area (Å²) in [6.07, 6.45) is 0.661. The van der Waals surface area contributed by atoms with Crippen molar-refractivity contribution >= 4 is 50.5 Å². The Morgan fingerprint density at radius 3 is 2.45 bits per heavy atom. The van der Waals surface area contributed by atoms with Gasteiger partial charge in [0.2, 0.25) is 0 Å². The maximum Gasteiger partial charge on any atom is 0.266 e. The lowest BCUT2D eigenvalue weighted by atomic mass is 10.1. The van der Waals surface area contributed by atoms with E-state index in [1.165, 1.54) is 16.4 Å². The SMILES string of the molecule is C[C@@H]1Cc2ccccc2N1S(=O)(=O)c1ccc(Cl)c(Cl)c1Cl. The topological polar surface area (TPSA) is 37.4 Å².